The smallest absolute Gasteiger partial charge is 0.311 e. The first-order valence-electron chi connectivity index (χ1n) is 11.6. The second kappa shape index (κ2) is 7.98. The molecular formula is C27H32O4. The van der Waals surface area contributed by atoms with Crippen molar-refractivity contribution >= 4 is 5.97 Å². The molecule has 0 amide bonds. The van der Waals surface area contributed by atoms with E-state index in [1.807, 2.05) is 18.2 Å². The van der Waals surface area contributed by atoms with Gasteiger partial charge in [0.15, 0.2) is 0 Å². The molecule has 0 bridgehead atoms. The number of methoxy groups -OCH3 is 1. The van der Waals surface area contributed by atoms with Gasteiger partial charge in [-0.1, -0.05) is 43.3 Å². The number of rotatable bonds is 4. The summed E-state index contributed by atoms with van der Waals surface area (Å²) >= 11 is 0. The Balaban J connectivity index is 1.34. The Morgan fingerprint density at radius 3 is 2.74 bits per heavy atom. The van der Waals surface area contributed by atoms with Crippen LogP contribution in [0.4, 0.5) is 0 Å². The van der Waals surface area contributed by atoms with Crippen molar-refractivity contribution in [2.24, 2.45) is 23.2 Å². The van der Waals surface area contributed by atoms with Gasteiger partial charge in [0.2, 0.25) is 0 Å². The lowest BCUT2D eigenvalue weighted by molar-refractivity contribution is -0.150. The fourth-order valence-corrected chi connectivity index (χ4v) is 6.79. The van der Waals surface area contributed by atoms with Gasteiger partial charge in [0.05, 0.1) is 19.1 Å². The Morgan fingerprint density at radius 1 is 1.16 bits per heavy atom. The van der Waals surface area contributed by atoms with Crippen molar-refractivity contribution in [2.75, 3.05) is 7.11 Å². The van der Waals surface area contributed by atoms with Crippen LogP contribution < -0.4 is 4.74 Å². The Morgan fingerprint density at radius 2 is 1.97 bits per heavy atom. The van der Waals surface area contributed by atoms with Gasteiger partial charge in [-0.3, -0.25) is 4.79 Å². The summed E-state index contributed by atoms with van der Waals surface area (Å²) in [4.78, 5) is 12.3. The fraction of sp³-hybridized carbons (Fsp3) is 0.519. The minimum atomic E-state index is -0.596. The largest absolute Gasteiger partial charge is 0.489 e. The Labute approximate surface area is 184 Å². The molecule has 164 valence electrons. The minimum Gasteiger partial charge on any atom is -0.489 e. The lowest BCUT2D eigenvalue weighted by Gasteiger charge is -2.50. The van der Waals surface area contributed by atoms with Gasteiger partial charge in [0, 0.05) is 0 Å². The van der Waals surface area contributed by atoms with Crippen LogP contribution >= 0.6 is 0 Å². The fourth-order valence-electron chi connectivity index (χ4n) is 6.79. The number of carbonyl (C=O) groups is 1. The van der Waals surface area contributed by atoms with Crippen LogP contribution in [0.15, 0.2) is 48.5 Å². The lowest BCUT2D eigenvalue weighted by Crippen LogP contribution is -2.44. The van der Waals surface area contributed by atoms with Crippen LogP contribution in [0.2, 0.25) is 0 Å². The molecule has 0 saturated heterocycles. The summed E-state index contributed by atoms with van der Waals surface area (Å²) in [6.45, 7) is 2.77. The van der Waals surface area contributed by atoms with Gasteiger partial charge in [-0.15, -0.1) is 0 Å². The zero-order valence-corrected chi connectivity index (χ0v) is 18.4. The molecule has 6 atom stereocenters. The maximum Gasteiger partial charge on any atom is 0.311 e. The molecule has 2 saturated carbocycles. The van der Waals surface area contributed by atoms with Crippen molar-refractivity contribution in [2.45, 2.75) is 57.7 Å². The van der Waals surface area contributed by atoms with Gasteiger partial charge < -0.3 is 14.6 Å². The van der Waals surface area contributed by atoms with Crippen LogP contribution in [0.25, 0.3) is 0 Å². The molecule has 4 heteroatoms. The molecule has 0 spiro atoms. The predicted molar refractivity (Wildman–Crippen MR) is 119 cm³/mol. The topological polar surface area (TPSA) is 55.8 Å². The third kappa shape index (κ3) is 3.45. The van der Waals surface area contributed by atoms with E-state index in [1.54, 1.807) is 0 Å². The van der Waals surface area contributed by atoms with Gasteiger partial charge in [-0.25, -0.2) is 0 Å². The third-order valence-electron chi connectivity index (χ3n) is 8.45. The van der Waals surface area contributed by atoms with Gasteiger partial charge in [0.25, 0.3) is 0 Å². The van der Waals surface area contributed by atoms with Crippen LogP contribution in [-0.4, -0.2) is 24.3 Å². The number of esters is 1. The Bertz CT molecular complexity index is 955. The summed E-state index contributed by atoms with van der Waals surface area (Å²) in [6, 6.07) is 16.9. The highest BCUT2D eigenvalue weighted by Crippen LogP contribution is 2.62. The number of aliphatic hydroxyl groups excluding tert-OH is 1. The number of aliphatic hydroxyl groups is 1. The number of fused-ring (bicyclic) bond motifs is 5. The van der Waals surface area contributed by atoms with E-state index in [9.17, 15) is 9.90 Å². The maximum absolute atomic E-state index is 12.3. The molecule has 4 unspecified atom stereocenters. The molecular weight excluding hydrogens is 388 g/mol. The average Bonchev–Trinajstić information content (AvgIpc) is 3.08. The molecule has 2 aromatic carbocycles. The predicted octanol–water partition coefficient (Wildman–Crippen LogP) is 4.88. The molecule has 0 heterocycles. The van der Waals surface area contributed by atoms with E-state index < -0.39 is 6.10 Å². The molecule has 31 heavy (non-hydrogen) atoms. The van der Waals surface area contributed by atoms with Crippen molar-refractivity contribution < 1.29 is 19.4 Å². The highest BCUT2D eigenvalue weighted by atomic mass is 16.5. The summed E-state index contributed by atoms with van der Waals surface area (Å²) in [5.41, 5.74) is 3.84. The van der Waals surface area contributed by atoms with Crippen LogP contribution in [0.5, 0.6) is 5.75 Å². The number of aryl methyl sites for hydroxylation is 1. The minimum absolute atomic E-state index is 0.184. The first kappa shape index (κ1) is 20.6. The van der Waals surface area contributed by atoms with Crippen molar-refractivity contribution in [3.8, 4) is 5.75 Å². The zero-order valence-electron chi connectivity index (χ0n) is 18.4. The summed E-state index contributed by atoms with van der Waals surface area (Å²) in [5, 5.41) is 11.0. The molecule has 3 aliphatic rings. The van der Waals surface area contributed by atoms with E-state index >= 15 is 0 Å². The van der Waals surface area contributed by atoms with Gasteiger partial charge >= 0.3 is 5.97 Å². The van der Waals surface area contributed by atoms with Crippen LogP contribution in [-0.2, 0) is 22.6 Å². The van der Waals surface area contributed by atoms with E-state index in [1.165, 1.54) is 23.8 Å². The van der Waals surface area contributed by atoms with Crippen molar-refractivity contribution in [1.82, 2.24) is 0 Å². The maximum atomic E-state index is 12.3. The Kier molecular flexibility index (Phi) is 5.29. The average molecular weight is 421 g/mol. The number of ether oxygens (including phenoxy) is 2. The van der Waals surface area contributed by atoms with Crippen molar-refractivity contribution in [3.05, 3.63) is 65.2 Å². The second-order valence-electron chi connectivity index (χ2n) is 9.91. The molecule has 0 aromatic heterocycles. The normalized spacial score (nSPS) is 33.7. The Hall–Kier alpha value is -2.33. The van der Waals surface area contributed by atoms with Crippen LogP contribution in [0, 0.1) is 23.2 Å². The van der Waals surface area contributed by atoms with E-state index in [0.29, 0.717) is 24.4 Å². The quantitative estimate of drug-likeness (QED) is 0.716. The summed E-state index contributed by atoms with van der Waals surface area (Å²) in [6.07, 6.45) is 4.32. The van der Waals surface area contributed by atoms with Crippen molar-refractivity contribution in [3.63, 3.8) is 0 Å². The molecule has 2 aromatic rings. The molecule has 5 rings (SSSR count). The number of hydrogen-bond acceptors (Lipinski definition) is 4. The highest BCUT2D eigenvalue weighted by molar-refractivity contribution is 5.73. The zero-order chi connectivity index (χ0) is 21.6. The van der Waals surface area contributed by atoms with Gasteiger partial charge in [-0.2, -0.15) is 0 Å². The van der Waals surface area contributed by atoms with Gasteiger partial charge in [0.1, 0.15) is 12.4 Å². The van der Waals surface area contributed by atoms with E-state index in [4.69, 9.17) is 9.47 Å². The first-order chi connectivity index (χ1) is 15.0. The first-order valence-corrected chi connectivity index (χ1v) is 11.6. The van der Waals surface area contributed by atoms with E-state index in [2.05, 4.69) is 37.3 Å². The summed E-state index contributed by atoms with van der Waals surface area (Å²) in [7, 11) is 1.43. The third-order valence-corrected chi connectivity index (χ3v) is 8.45. The lowest BCUT2D eigenvalue weighted by atomic mass is 9.55. The summed E-state index contributed by atoms with van der Waals surface area (Å²) < 4.78 is 11.1. The summed E-state index contributed by atoms with van der Waals surface area (Å²) in [5.74, 6) is 1.70. The van der Waals surface area contributed by atoms with E-state index in [-0.39, 0.29) is 17.3 Å². The van der Waals surface area contributed by atoms with Crippen LogP contribution in [0.1, 0.15) is 55.2 Å². The molecule has 2 fully saturated rings. The molecule has 0 radical (unpaired) electrons. The molecule has 0 aliphatic heterocycles. The molecule has 4 nitrogen and oxygen atoms in total. The monoisotopic (exact) mass is 420 g/mol. The van der Waals surface area contributed by atoms with E-state index in [0.717, 1.165) is 37.9 Å². The van der Waals surface area contributed by atoms with Crippen molar-refractivity contribution in [1.29, 1.82) is 0 Å². The second-order valence-corrected chi connectivity index (χ2v) is 9.91. The number of carbonyl (C=O) groups excluding carboxylic acids is 1. The number of hydrogen-bond donors (Lipinski definition) is 1. The van der Waals surface area contributed by atoms with Crippen LogP contribution in [0.3, 0.4) is 0 Å². The standard InChI is InChI=1S/C27H32O4/c1-27-13-12-21-20-11-9-19(31-16-17-6-4-3-5-7-17)14-18(20)8-10-22(21)24(27)15-23(25(27)28)26(29)30-2/h3-7,9,11,14,21-25,28H,8,10,12-13,15-16H2,1-2H3/t21?,22?,23?,24?,25-,27-/m0/s1. The molecule has 3 aliphatic carbocycles. The van der Waals surface area contributed by atoms with Gasteiger partial charge in [-0.05, 0) is 84.1 Å². The highest BCUT2D eigenvalue weighted by Gasteiger charge is 2.59. The number of benzene rings is 2. The molecule has 1 N–H and O–H groups in total. The SMILES string of the molecule is COC(=O)C1CC2C3CCc4cc(OCc5ccccc5)ccc4C3CC[C@]2(C)[C@H]1O.